The molecule has 2 aromatic rings. The molecule has 6 nitrogen and oxygen atoms in total. The van der Waals surface area contributed by atoms with Gasteiger partial charge in [-0.2, -0.15) is 0 Å². The number of unbranched alkanes of at least 4 members (excludes halogenated alkanes) is 1. The highest BCUT2D eigenvalue weighted by Gasteiger charge is 2.17. The van der Waals surface area contributed by atoms with Crippen molar-refractivity contribution in [3.63, 3.8) is 0 Å². The molecule has 0 aliphatic heterocycles. The fourth-order valence-corrected chi connectivity index (χ4v) is 4.55. The van der Waals surface area contributed by atoms with Gasteiger partial charge in [0.05, 0.1) is 7.11 Å². The van der Waals surface area contributed by atoms with Crippen molar-refractivity contribution < 1.29 is 9.53 Å². The largest absolute Gasteiger partial charge is 0.497 e. The quantitative estimate of drug-likeness (QED) is 0.569. The summed E-state index contributed by atoms with van der Waals surface area (Å²) in [5, 5.41) is 12.9. The van der Waals surface area contributed by atoms with Crippen LogP contribution in [0.4, 0.5) is 0 Å². The summed E-state index contributed by atoms with van der Waals surface area (Å²) in [5.41, 5.74) is 1.02. The fraction of sp³-hybridized carbons (Fsp3) is 0.591. The maximum absolute atomic E-state index is 12.3. The van der Waals surface area contributed by atoms with Crippen LogP contribution in [0.25, 0.3) is 11.4 Å². The van der Waals surface area contributed by atoms with Crippen molar-refractivity contribution in [3.8, 4) is 17.1 Å². The molecular weight excluding hydrogens is 384 g/mol. The third-order valence-electron chi connectivity index (χ3n) is 5.33. The number of methoxy groups -OCH3 is 1. The molecule has 3 rings (SSSR count). The van der Waals surface area contributed by atoms with Crippen molar-refractivity contribution in [1.29, 1.82) is 0 Å². The van der Waals surface area contributed by atoms with Crippen molar-refractivity contribution >= 4 is 17.7 Å². The molecular formula is C22H32N4O2S. The molecule has 0 saturated heterocycles. The van der Waals surface area contributed by atoms with Gasteiger partial charge < -0.3 is 14.6 Å². The number of nitrogens with one attached hydrogen (secondary N) is 1. The van der Waals surface area contributed by atoms with Crippen LogP contribution in [0.3, 0.4) is 0 Å². The summed E-state index contributed by atoms with van der Waals surface area (Å²) in [4.78, 5) is 12.3. The third-order valence-corrected chi connectivity index (χ3v) is 6.30. The molecule has 0 atom stereocenters. The maximum atomic E-state index is 12.3. The zero-order valence-electron chi connectivity index (χ0n) is 17.5. The normalized spacial score (nSPS) is 14.7. The third kappa shape index (κ3) is 6.23. The van der Waals surface area contributed by atoms with Crippen molar-refractivity contribution in [2.75, 3.05) is 12.9 Å². The lowest BCUT2D eigenvalue weighted by Gasteiger charge is -2.22. The van der Waals surface area contributed by atoms with Crippen LogP contribution in [0.15, 0.2) is 29.4 Å². The Kier molecular flexibility index (Phi) is 8.40. The molecule has 1 N–H and O–H groups in total. The van der Waals surface area contributed by atoms with Crippen molar-refractivity contribution in [1.82, 2.24) is 20.1 Å². The Morgan fingerprint density at radius 3 is 2.66 bits per heavy atom. The molecule has 0 radical (unpaired) electrons. The fourth-order valence-electron chi connectivity index (χ4n) is 3.65. The highest BCUT2D eigenvalue weighted by atomic mass is 32.2. The summed E-state index contributed by atoms with van der Waals surface area (Å²) >= 11 is 1.61. The van der Waals surface area contributed by atoms with Gasteiger partial charge in [0, 0.05) is 30.3 Å². The molecule has 7 heteroatoms. The van der Waals surface area contributed by atoms with Crippen LogP contribution in [0, 0.1) is 0 Å². The van der Waals surface area contributed by atoms with E-state index >= 15 is 0 Å². The molecule has 0 spiro atoms. The second kappa shape index (κ2) is 11.2. The summed E-state index contributed by atoms with van der Waals surface area (Å²) in [6, 6.07) is 8.28. The molecule has 1 aromatic heterocycles. The number of hydrogen-bond acceptors (Lipinski definition) is 5. The van der Waals surface area contributed by atoms with Gasteiger partial charge in [0.1, 0.15) is 5.75 Å². The van der Waals surface area contributed by atoms with Gasteiger partial charge in [-0.25, -0.2) is 0 Å². The van der Waals surface area contributed by atoms with Crippen LogP contribution in [-0.4, -0.2) is 39.6 Å². The van der Waals surface area contributed by atoms with Gasteiger partial charge >= 0.3 is 0 Å². The Labute approximate surface area is 177 Å². The topological polar surface area (TPSA) is 69.0 Å². The summed E-state index contributed by atoms with van der Waals surface area (Å²) < 4.78 is 7.43. The first-order valence-corrected chi connectivity index (χ1v) is 11.7. The minimum absolute atomic E-state index is 0.152. The molecule has 29 heavy (non-hydrogen) atoms. The van der Waals surface area contributed by atoms with Gasteiger partial charge in [0.2, 0.25) is 5.91 Å². The second-order valence-corrected chi connectivity index (χ2v) is 8.60. The molecule has 1 heterocycles. The van der Waals surface area contributed by atoms with E-state index in [2.05, 4.69) is 27.0 Å². The number of nitrogens with zero attached hydrogens (tertiary/aromatic N) is 3. The summed E-state index contributed by atoms with van der Waals surface area (Å²) in [7, 11) is 1.66. The smallest absolute Gasteiger partial charge is 0.221 e. The molecule has 1 saturated carbocycles. The molecule has 1 fully saturated rings. The van der Waals surface area contributed by atoms with Gasteiger partial charge in [-0.1, -0.05) is 44.4 Å². The van der Waals surface area contributed by atoms with E-state index in [0.717, 1.165) is 54.5 Å². The summed E-state index contributed by atoms with van der Waals surface area (Å²) in [6.45, 7) is 3.06. The summed E-state index contributed by atoms with van der Waals surface area (Å²) in [6.07, 6.45) is 8.69. The Morgan fingerprint density at radius 1 is 1.21 bits per heavy atom. The number of carbonyl (C=O) groups excluding carboxylic acids is 1. The molecule has 0 bridgehead atoms. The zero-order chi connectivity index (χ0) is 20.5. The Bertz CT molecular complexity index is 770. The average molecular weight is 417 g/mol. The maximum Gasteiger partial charge on any atom is 0.221 e. The Morgan fingerprint density at radius 2 is 1.97 bits per heavy atom. The van der Waals surface area contributed by atoms with E-state index in [1.807, 2.05) is 24.3 Å². The van der Waals surface area contributed by atoms with Gasteiger partial charge in [-0.05, 0) is 43.5 Å². The number of amides is 1. The van der Waals surface area contributed by atoms with Crippen LogP contribution in [-0.2, 0) is 11.3 Å². The van der Waals surface area contributed by atoms with Crippen LogP contribution in [0.5, 0.6) is 5.75 Å². The highest BCUT2D eigenvalue weighted by Crippen LogP contribution is 2.26. The first kappa shape index (κ1) is 21.7. The van der Waals surface area contributed by atoms with Gasteiger partial charge in [-0.3, -0.25) is 4.79 Å². The van der Waals surface area contributed by atoms with Crippen LogP contribution >= 0.6 is 11.8 Å². The Balaban J connectivity index is 1.60. The molecule has 0 unspecified atom stereocenters. The van der Waals surface area contributed by atoms with Gasteiger partial charge in [0.15, 0.2) is 11.0 Å². The number of aromatic nitrogens is 3. The first-order chi connectivity index (χ1) is 14.2. The van der Waals surface area contributed by atoms with Crippen molar-refractivity contribution in [3.05, 3.63) is 24.3 Å². The minimum atomic E-state index is 0.152. The predicted molar refractivity (Wildman–Crippen MR) is 117 cm³/mol. The molecule has 1 amide bonds. The number of thioether (sulfide) groups is 1. The number of hydrogen-bond donors (Lipinski definition) is 1. The SMILES string of the molecule is CCCCn1c(SCCC(=O)NC2CCCCC2)nnc1-c1ccc(OC)cc1. The van der Waals surface area contributed by atoms with Crippen molar-refractivity contribution in [2.24, 2.45) is 0 Å². The lowest BCUT2D eigenvalue weighted by molar-refractivity contribution is -0.121. The molecule has 1 aromatic carbocycles. The van der Waals surface area contributed by atoms with Gasteiger partial charge in [0.25, 0.3) is 0 Å². The van der Waals surface area contributed by atoms with E-state index in [-0.39, 0.29) is 5.91 Å². The van der Waals surface area contributed by atoms with Gasteiger partial charge in [-0.15, -0.1) is 10.2 Å². The second-order valence-electron chi connectivity index (χ2n) is 7.54. The Hall–Kier alpha value is -2.02. The van der Waals surface area contributed by atoms with E-state index in [4.69, 9.17) is 4.74 Å². The lowest BCUT2D eigenvalue weighted by atomic mass is 9.95. The highest BCUT2D eigenvalue weighted by molar-refractivity contribution is 7.99. The van der Waals surface area contributed by atoms with E-state index in [1.54, 1.807) is 18.9 Å². The van der Waals surface area contributed by atoms with Crippen LogP contribution in [0.2, 0.25) is 0 Å². The van der Waals surface area contributed by atoms with E-state index in [1.165, 1.54) is 19.3 Å². The molecule has 1 aliphatic carbocycles. The van der Waals surface area contributed by atoms with E-state index in [0.29, 0.717) is 18.2 Å². The number of rotatable bonds is 10. The average Bonchev–Trinajstić information content (AvgIpc) is 3.15. The molecule has 158 valence electrons. The van der Waals surface area contributed by atoms with E-state index < -0.39 is 0 Å². The minimum Gasteiger partial charge on any atom is -0.497 e. The summed E-state index contributed by atoms with van der Waals surface area (Å²) in [5.74, 6) is 2.56. The molecule has 1 aliphatic rings. The van der Waals surface area contributed by atoms with E-state index in [9.17, 15) is 4.79 Å². The standard InChI is InChI=1S/C22H32N4O2S/c1-3-4-15-26-21(17-10-12-19(28-2)13-11-17)24-25-22(26)29-16-14-20(27)23-18-8-6-5-7-9-18/h10-13,18H,3-9,14-16H2,1-2H3,(H,23,27). The zero-order valence-corrected chi connectivity index (χ0v) is 18.3. The predicted octanol–water partition coefficient (Wildman–Crippen LogP) is 4.68. The lowest BCUT2D eigenvalue weighted by Crippen LogP contribution is -2.36. The van der Waals surface area contributed by atoms with Crippen LogP contribution < -0.4 is 10.1 Å². The first-order valence-electron chi connectivity index (χ1n) is 10.7. The number of carbonyl (C=O) groups is 1. The monoisotopic (exact) mass is 416 g/mol. The number of ether oxygens (including phenoxy) is 1. The van der Waals surface area contributed by atoms with Crippen molar-refractivity contribution in [2.45, 2.75) is 76.0 Å². The van der Waals surface area contributed by atoms with Crippen LogP contribution in [0.1, 0.15) is 58.3 Å². The number of benzene rings is 1.